The lowest BCUT2D eigenvalue weighted by molar-refractivity contribution is 0.346. The number of pyridine rings is 1. The van der Waals surface area contributed by atoms with Crippen LogP contribution in [0.15, 0.2) is 35.6 Å². The van der Waals surface area contributed by atoms with Crippen molar-refractivity contribution in [1.82, 2.24) is 19.1 Å². The van der Waals surface area contributed by atoms with E-state index in [9.17, 15) is 8.42 Å². The number of sulfonamides is 1. The molecule has 0 bridgehead atoms. The van der Waals surface area contributed by atoms with Gasteiger partial charge in [-0.25, -0.2) is 13.4 Å². The van der Waals surface area contributed by atoms with Crippen LogP contribution in [0.25, 0.3) is 0 Å². The number of hydrogen-bond donors (Lipinski definition) is 0. The van der Waals surface area contributed by atoms with Crippen molar-refractivity contribution >= 4 is 15.8 Å². The summed E-state index contributed by atoms with van der Waals surface area (Å²) in [4.78, 5) is 6.57. The molecule has 7 nitrogen and oxygen atoms in total. The Balaban J connectivity index is 1.72. The highest BCUT2D eigenvalue weighted by Gasteiger charge is 2.26. The molecule has 2 aromatic heterocycles. The van der Waals surface area contributed by atoms with Crippen LogP contribution in [0.5, 0.6) is 0 Å². The second-order valence-corrected chi connectivity index (χ2v) is 8.13. The van der Waals surface area contributed by atoms with Gasteiger partial charge in [0.25, 0.3) is 0 Å². The molecule has 1 saturated heterocycles. The zero-order chi connectivity index (χ0) is 17.2. The fourth-order valence-corrected chi connectivity index (χ4v) is 4.38. The standard InChI is InChI=1S/C16H23N5O2S/c1-19(12-14-10-18-20(2)13-14)16-7-6-15(11-17-16)24(22,23)21-8-4-3-5-9-21/h6-7,10-11,13H,3-5,8-9,12H2,1-2H3. The molecule has 0 atom stereocenters. The van der Waals surface area contributed by atoms with E-state index in [0.717, 1.165) is 30.6 Å². The molecule has 1 aliphatic heterocycles. The van der Waals surface area contributed by atoms with Gasteiger partial charge in [0.1, 0.15) is 10.7 Å². The molecule has 0 unspecified atom stereocenters. The normalized spacial score (nSPS) is 16.2. The van der Waals surface area contributed by atoms with Crippen LogP contribution < -0.4 is 4.90 Å². The van der Waals surface area contributed by atoms with Crippen LogP contribution >= 0.6 is 0 Å². The molecule has 0 spiro atoms. The molecule has 0 aromatic carbocycles. The lowest BCUT2D eigenvalue weighted by Gasteiger charge is -2.26. The van der Waals surface area contributed by atoms with Crippen molar-refractivity contribution in [1.29, 1.82) is 0 Å². The van der Waals surface area contributed by atoms with Crippen LogP contribution in [0.3, 0.4) is 0 Å². The van der Waals surface area contributed by atoms with Crippen molar-refractivity contribution in [2.24, 2.45) is 7.05 Å². The minimum Gasteiger partial charge on any atom is -0.355 e. The molecule has 1 fully saturated rings. The Morgan fingerprint density at radius 3 is 2.50 bits per heavy atom. The van der Waals surface area contributed by atoms with Gasteiger partial charge in [-0.3, -0.25) is 4.68 Å². The van der Waals surface area contributed by atoms with Crippen LogP contribution in [-0.2, 0) is 23.6 Å². The summed E-state index contributed by atoms with van der Waals surface area (Å²) in [6.07, 6.45) is 8.18. The molecule has 2 aromatic rings. The maximum Gasteiger partial charge on any atom is 0.244 e. The van der Waals surface area contributed by atoms with E-state index in [1.165, 1.54) is 6.20 Å². The lowest BCUT2D eigenvalue weighted by Crippen LogP contribution is -2.35. The largest absolute Gasteiger partial charge is 0.355 e. The summed E-state index contributed by atoms with van der Waals surface area (Å²) in [5.74, 6) is 0.733. The molecular formula is C16H23N5O2S. The van der Waals surface area contributed by atoms with Crippen LogP contribution in [0.2, 0.25) is 0 Å². The van der Waals surface area contributed by atoms with E-state index < -0.39 is 10.0 Å². The SMILES string of the molecule is CN(Cc1cnn(C)c1)c1ccc(S(=O)(=O)N2CCCCC2)cn1. The Hall–Kier alpha value is -1.93. The molecule has 3 rings (SSSR count). The number of aromatic nitrogens is 3. The van der Waals surface area contributed by atoms with Gasteiger partial charge in [-0.2, -0.15) is 9.40 Å². The Kier molecular flexibility index (Phi) is 4.86. The van der Waals surface area contributed by atoms with Gasteiger partial charge in [0.05, 0.1) is 6.20 Å². The van der Waals surface area contributed by atoms with Gasteiger partial charge < -0.3 is 4.90 Å². The van der Waals surface area contributed by atoms with Crippen molar-refractivity contribution in [3.05, 3.63) is 36.3 Å². The predicted molar refractivity (Wildman–Crippen MR) is 92.2 cm³/mol. The van der Waals surface area contributed by atoms with Gasteiger partial charge in [0.15, 0.2) is 0 Å². The smallest absolute Gasteiger partial charge is 0.244 e. The van der Waals surface area contributed by atoms with E-state index in [4.69, 9.17) is 0 Å². The lowest BCUT2D eigenvalue weighted by atomic mass is 10.2. The maximum absolute atomic E-state index is 12.6. The first-order chi connectivity index (χ1) is 11.5. The summed E-state index contributed by atoms with van der Waals surface area (Å²) in [5, 5.41) is 4.15. The van der Waals surface area contributed by atoms with Gasteiger partial charge in [0.2, 0.25) is 10.0 Å². The summed E-state index contributed by atoms with van der Waals surface area (Å²) >= 11 is 0. The second kappa shape index (κ2) is 6.90. The molecule has 24 heavy (non-hydrogen) atoms. The first-order valence-electron chi connectivity index (χ1n) is 8.12. The van der Waals surface area contributed by atoms with Crippen molar-refractivity contribution in [2.75, 3.05) is 25.0 Å². The summed E-state index contributed by atoms with van der Waals surface area (Å²) in [6, 6.07) is 3.40. The van der Waals surface area contributed by atoms with E-state index in [-0.39, 0.29) is 4.90 Å². The third-order valence-electron chi connectivity index (χ3n) is 4.24. The predicted octanol–water partition coefficient (Wildman–Crippen LogP) is 1.63. The van der Waals surface area contributed by atoms with Crippen molar-refractivity contribution < 1.29 is 8.42 Å². The molecule has 0 radical (unpaired) electrons. The third kappa shape index (κ3) is 3.59. The number of aryl methyl sites for hydroxylation is 1. The number of nitrogens with zero attached hydrogens (tertiary/aromatic N) is 5. The first kappa shape index (κ1) is 16.9. The zero-order valence-corrected chi connectivity index (χ0v) is 14.9. The highest BCUT2D eigenvalue weighted by molar-refractivity contribution is 7.89. The molecule has 0 saturated carbocycles. The Bertz CT molecular complexity index is 779. The Morgan fingerprint density at radius 2 is 1.92 bits per heavy atom. The van der Waals surface area contributed by atoms with Gasteiger partial charge in [-0.1, -0.05) is 6.42 Å². The van der Waals surface area contributed by atoms with Crippen molar-refractivity contribution in [3.8, 4) is 0 Å². The average Bonchev–Trinajstić information content (AvgIpc) is 3.00. The van der Waals surface area contributed by atoms with E-state index in [1.807, 2.05) is 31.4 Å². The van der Waals surface area contributed by atoms with Crippen LogP contribution in [0.1, 0.15) is 24.8 Å². The van der Waals surface area contributed by atoms with E-state index in [0.29, 0.717) is 19.6 Å². The monoisotopic (exact) mass is 349 g/mol. The van der Waals surface area contributed by atoms with Gasteiger partial charge in [-0.05, 0) is 25.0 Å². The fraction of sp³-hybridized carbons (Fsp3) is 0.500. The number of rotatable bonds is 5. The van der Waals surface area contributed by atoms with Crippen molar-refractivity contribution in [2.45, 2.75) is 30.7 Å². The Morgan fingerprint density at radius 1 is 1.17 bits per heavy atom. The number of piperidine rings is 1. The summed E-state index contributed by atoms with van der Waals surface area (Å²) in [7, 11) is 0.381. The molecule has 0 aliphatic carbocycles. The topological polar surface area (TPSA) is 71.3 Å². The van der Waals surface area contributed by atoms with Crippen LogP contribution in [0.4, 0.5) is 5.82 Å². The fourth-order valence-electron chi connectivity index (χ4n) is 2.91. The number of hydrogen-bond acceptors (Lipinski definition) is 5. The highest BCUT2D eigenvalue weighted by Crippen LogP contribution is 2.21. The molecule has 1 aliphatic rings. The van der Waals surface area contributed by atoms with E-state index >= 15 is 0 Å². The quantitative estimate of drug-likeness (QED) is 0.820. The minimum atomic E-state index is -3.42. The van der Waals surface area contributed by atoms with Gasteiger partial charge >= 0.3 is 0 Å². The highest BCUT2D eigenvalue weighted by atomic mass is 32.2. The van der Waals surface area contributed by atoms with Gasteiger partial charge in [0, 0.05) is 51.7 Å². The van der Waals surface area contributed by atoms with Gasteiger partial charge in [-0.15, -0.1) is 0 Å². The Labute approximate surface area is 143 Å². The minimum absolute atomic E-state index is 0.267. The molecule has 0 N–H and O–H groups in total. The van der Waals surface area contributed by atoms with Crippen molar-refractivity contribution in [3.63, 3.8) is 0 Å². The summed E-state index contributed by atoms with van der Waals surface area (Å²) in [6.45, 7) is 1.87. The number of anilines is 1. The summed E-state index contributed by atoms with van der Waals surface area (Å²) in [5.41, 5.74) is 1.08. The van der Waals surface area contributed by atoms with E-state index in [1.54, 1.807) is 21.1 Å². The van der Waals surface area contributed by atoms with E-state index in [2.05, 4.69) is 10.1 Å². The molecule has 3 heterocycles. The molecular weight excluding hydrogens is 326 g/mol. The van der Waals surface area contributed by atoms with Crippen LogP contribution in [0, 0.1) is 0 Å². The summed E-state index contributed by atoms with van der Waals surface area (Å²) < 4.78 is 28.6. The molecule has 130 valence electrons. The maximum atomic E-state index is 12.6. The molecule has 8 heteroatoms. The zero-order valence-electron chi connectivity index (χ0n) is 14.1. The average molecular weight is 349 g/mol. The molecule has 0 amide bonds. The first-order valence-corrected chi connectivity index (χ1v) is 9.56. The third-order valence-corrected chi connectivity index (χ3v) is 6.12. The van der Waals surface area contributed by atoms with Crippen LogP contribution in [-0.4, -0.2) is 47.6 Å². The second-order valence-electron chi connectivity index (χ2n) is 6.20.